The van der Waals surface area contributed by atoms with Crippen molar-refractivity contribution in [1.82, 2.24) is 9.97 Å². The number of hydrogen-bond donors (Lipinski definition) is 1. The molecule has 0 bridgehead atoms. The first-order chi connectivity index (χ1) is 5.95. The van der Waals surface area contributed by atoms with Crippen molar-refractivity contribution in [2.75, 3.05) is 5.73 Å². The molecule has 4 heteroatoms. The van der Waals surface area contributed by atoms with Gasteiger partial charge in [0.15, 0.2) is 0 Å². The monoisotopic (exact) mass is 183 g/mol. The van der Waals surface area contributed by atoms with Crippen molar-refractivity contribution in [3.05, 3.63) is 17.7 Å². The van der Waals surface area contributed by atoms with E-state index in [1.165, 1.54) is 6.07 Å². The number of nitrogens with two attached hydrogens (primary N) is 1. The molecule has 0 aliphatic carbocycles. The summed E-state index contributed by atoms with van der Waals surface area (Å²) in [7, 11) is 0. The number of nitrogen functional groups attached to an aromatic ring is 1. The zero-order valence-electron chi connectivity index (χ0n) is 8.13. The van der Waals surface area contributed by atoms with E-state index in [2.05, 4.69) is 9.97 Å². The molecule has 2 N–H and O–H groups in total. The normalized spacial score (nSPS) is 11.7. The Hall–Kier alpha value is -1.19. The first kappa shape index (κ1) is 9.89. The lowest BCUT2D eigenvalue weighted by molar-refractivity contribution is 0.479. The van der Waals surface area contributed by atoms with Crippen LogP contribution in [-0.2, 0) is 5.41 Å². The standard InChI is InChI=1S/C9H14FN3/c1-4-9(2,3)6-5-7(10)13-8(11)12-6/h5H,4H2,1-3H3,(H2,11,12,13). The summed E-state index contributed by atoms with van der Waals surface area (Å²) in [6, 6.07) is 1.33. The molecule has 1 rings (SSSR count). The van der Waals surface area contributed by atoms with Crippen LogP contribution in [0.25, 0.3) is 0 Å². The molecule has 0 aliphatic rings. The summed E-state index contributed by atoms with van der Waals surface area (Å²) in [5.41, 5.74) is 5.85. The molecular weight excluding hydrogens is 169 g/mol. The molecular formula is C9H14FN3. The second-order valence-corrected chi connectivity index (χ2v) is 3.67. The van der Waals surface area contributed by atoms with E-state index in [1.807, 2.05) is 20.8 Å². The van der Waals surface area contributed by atoms with Crippen LogP contribution in [0.1, 0.15) is 32.9 Å². The van der Waals surface area contributed by atoms with Crippen LogP contribution in [0.4, 0.5) is 10.3 Å². The van der Waals surface area contributed by atoms with Crippen LogP contribution in [0.3, 0.4) is 0 Å². The average Bonchev–Trinajstić information content (AvgIpc) is 2.02. The zero-order chi connectivity index (χ0) is 10.1. The minimum absolute atomic E-state index is 0.00322. The van der Waals surface area contributed by atoms with Crippen molar-refractivity contribution in [3.63, 3.8) is 0 Å². The molecule has 0 fully saturated rings. The Morgan fingerprint density at radius 2 is 2.08 bits per heavy atom. The van der Waals surface area contributed by atoms with Crippen LogP contribution in [0.15, 0.2) is 6.07 Å². The molecule has 0 atom stereocenters. The quantitative estimate of drug-likeness (QED) is 0.712. The van der Waals surface area contributed by atoms with Gasteiger partial charge in [-0.3, -0.25) is 0 Å². The highest BCUT2D eigenvalue weighted by Gasteiger charge is 2.21. The highest BCUT2D eigenvalue weighted by atomic mass is 19.1. The van der Waals surface area contributed by atoms with Crippen LogP contribution in [-0.4, -0.2) is 9.97 Å². The van der Waals surface area contributed by atoms with Crippen LogP contribution in [0.2, 0.25) is 0 Å². The van der Waals surface area contributed by atoms with E-state index in [-0.39, 0.29) is 11.4 Å². The van der Waals surface area contributed by atoms with Gasteiger partial charge in [0.1, 0.15) is 0 Å². The Kier molecular flexibility index (Phi) is 2.50. The first-order valence-electron chi connectivity index (χ1n) is 4.26. The number of aromatic nitrogens is 2. The molecule has 1 aromatic heterocycles. The van der Waals surface area contributed by atoms with Gasteiger partial charge in [0.05, 0.1) is 5.69 Å². The van der Waals surface area contributed by atoms with Gasteiger partial charge in [-0.15, -0.1) is 0 Å². The van der Waals surface area contributed by atoms with Crippen LogP contribution < -0.4 is 5.73 Å². The summed E-state index contributed by atoms with van der Waals surface area (Å²) >= 11 is 0. The predicted molar refractivity (Wildman–Crippen MR) is 49.7 cm³/mol. The molecule has 0 aromatic carbocycles. The van der Waals surface area contributed by atoms with Gasteiger partial charge in [-0.05, 0) is 6.42 Å². The maximum Gasteiger partial charge on any atom is 0.222 e. The van der Waals surface area contributed by atoms with Crippen LogP contribution in [0, 0.1) is 5.95 Å². The van der Waals surface area contributed by atoms with Crippen LogP contribution in [0.5, 0.6) is 0 Å². The van der Waals surface area contributed by atoms with Crippen molar-refractivity contribution in [3.8, 4) is 0 Å². The molecule has 0 amide bonds. The van der Waals surface area contributed by atoms with E-state index in [0.717, 1.165) is 6.42 Å². The summed E-state index contributed by atoms with van der Waals surface area (Å²) in [6.07, 6.45) is 0.878. The molecule has 0 spiro atoms. The van der Waals surface area contributed by atoms with Crippen molar-refractivity contribution >= 4 is 5.95 Å². The SMILES string of the molecule is CCC(C)(C)c1cc(F)nc(N)n1. The van der Waals surface area contributed by atoms with E-state index < -0.39 is 5.95 Å². The minimum Gasteiger partial charge on any atom is -0.368 e. The number of halogens is 1. The molecule has 0 radical (unpaired) electrons. The second kappa shape index (κ2) is 3.28. The Morgan fingerprint density at radius 1 is 1.46 bits per heavy atom. The fraction of sp³-hybridized carbons (Fsp3) is 0.556. The van der Waals surface area contributed by atoms with Gasteiger partial charge in [0.25, 0.3) is 0 Å². The average molecular weight is 183 g/mol. The fourth-order valence-electron chi connectivity index (χ4n) is 0.963. The topological polar surface area (TPSA) is 51.8 Å². The lowest BCUT2D eigenvalue weighted by Crippen LogP contribution is -2.19. The van der Waals surface area contributed by atoms with Crippen molar-refractivity contribution in [1.29, 1.82) is 0 Å². The summed E-state index contributed by atoms with van der Waals surface area (Å²) in [6.45, 7) is 6.01. The van der Waals surface area contributed by atoms with Crippen LogP contribution >= 0.6 is 0 Å². The largest absolute Gasteiger partial charge is 0.368 e. The summed E-state index contributed by atoms with van der Waals surface area (Å²) in [4.78, 5) is 7.39. The maximum absolute atomic E-state index is 12.9. The van der Waals surface area contributed by atoms with Crippen molar-refractivity contribution in [2.45, 2.75) is 32.6 Å². The summed E-state index contributed by atoms with van der Waals surface area (Å²) < 4.78 is 12.9. The summed E-state index contributed by atoms with van der Waals surface area (Å²) in [5.74, 6) is -0.569. The highest BCUT2D eigenvalue weighted by molar-refractivity contribution is 5.22. The van der Waals surface area contributed by atoms with Crippen molar-refractivity contribution in [2.24, 2.45) is 0 Å². The smallest absolute Gasteiger partial charge is 0.222 e. The van der Waals surface area contributed by atoms with Gasteiger partial charge in [0, 0.05) is 11.5 Å². The molecule has 0 saturated heterocycles. The van der Waals surface area contributed by atoms with E-state index in [4.69, 9.17) is 5.73 Å². The molecule has 3 nitrogen and oxygen atoms in total. The summed E-state index contributed by atoms with van der Waals surface area (Å²) in [5, 5.41) is 0. The molecule has 1 aromatic rings. The minimum atomic E-state index is -0.566. The van der Waals surface area contributed by atoms with E-state index >= 15 is 0 Å². The van der Waals surface area contributed by atoms with E-state index in [1.54, 1.807) is 0 Å². The lowest BCUT2D eigenvalue weighted by Gasteiger charge is -2.21. The van der Waals surface area contributed by atoms with Gasteiger partial charge in [-0.1, -0.05) is 20.8 Å². The third kappa shape index (κ3) is 2.14. The van der Waals surface area contributed by atoms with Gasteiger partial charge in [-0.25, -0.2) is 4.98 Å². The Bertz CT molecular complexity index is 289. The highest BCUT2D eigenvalue weighted by Crippen LogP contribution is 2.25. The van der Waals surface area contributed by atoms with E-state index in [9.17, 15) is 4.39 Å². The second-order valence-electron chi connectivity index (χ2n) is 3.67. The third-order valence-corrected chi connectivity index (χ3v) is 2.29. The van der Waals surface area contributed by atoms with Crippen molar-refractivity contribution < 1.29 is 4.39 Å². The van der Waals surface area contributed by atoms with Gasteiger partial charge < -0.3 is 5.73 Å². The van der Waals surface area contributed by atoms with Gasteiger partial charge >= 0.3 is 0 Å². The molecule has 0 aliphatic heterocycles. The Balaban J connectivity index is 3.15. The molecule has 72 valence electrons. The molecule has 0 saturated carbocycles. The Morgan fingerprint density at radius 3 is 2.54 bits per heavy atom. The predicted octanol–water partition coefficient (Wildman–Crippen LogP) is 1.89. The number of hydrogen-bond acceptors (Lipinski definition) is 3. The first-order valence-corrected chi connectivity index (χ1v) is 4.26. The van der Waals surface area contributed by atoms with Gasteiger partial charge in [0.2, 0.25) is 11.9 Å². The molecule has 0 unspecified atom stereocenters. The molecule has 13 heavy (non-hydrogen) atoms. The fourth-order valence-corrected chi connectivity index (χ4v) is 0.963. The third-order valence-electron chi connectivity index (χ3n) is 2.29. The maximum atomic E-state index is 12.9. The molecule has 1 heterocycles. The number of nitrogens with zero attached hydrogens (tertiary/aromatic N) is 2. The Labute approximate surface area is 77.2 Å². The lowest BCUT2D eigenvalue weighted by atomic mass is 9.86. The number of anilines is 1. The van der Waals surface area contributed by atoms with E-state index in [0.29, 0.717) is 5.69 Å². The number of rotatable bonds is 2. The zero-order valence-corrected chi connectivity index (χ0v) is 8.13. The van der Waals surface area contributed by atoms with Gasteiger partial charge in [-0.2, -0.15) is 9.37 Å².